The van der Waals surface area contributed by atoms with Gasteiger partial charge in [-0.3, -0.25) is 9.78 Å². The summed E-state index contributed by atoms with van der Waals surface area (Å²) in [6, 6.07) is 13.3. The van der Waals surface area contributed by atoms with E-state index < -0.39 is 5.66 Å². The van der Waals surface area contributed by atoms with Crippen molar-refractivity contribution in [1.29, 1.82) is 0 Å². The topological polar surface area (TPSA) is 83.6 Å². The number of piperidine rings is 1. The number of carbonyl (C=O) groups excluding carboxylic acids is 1. The normalized spacial score (nSPS) is 18.5. The summed E-state index contributed by atoms with van der Waals surface area (Å²) in [4.78, 5) is 23.2. The quantitative estimate of drug-likeness (QED) is 0.839. The second-order valence-electron chi connectivity index (χ2n) is 6.21. The molecule has 1 fully saturated rings. The van der Waals surface area contributed by atoms with Gasteiger partial charge in [0.2, 0.25) is 0 Å². The molecule has 24 heavy (non-hydrogen) atoms. The fraction of sp³-hybridized carbons (Fsp3) is 0.278. The Balaban J connectivity index is 1.51. The number of benzene rings is 1. The molecule has 1 amide bonds. The first-order valence-corrected chi connectivity index (χ1v) is 8.10. The van der Waals surface area contributed by atoms with Crippen LogP contribution in [0.1, 0.15) is 28.9 Å². The number of aliphatic imine (C=N–C) groups is 1. The molecule has 0 radical (unpaired) electrons. The van der Waals surface area contributed by atoms with Crippen molar-refractivity contribution in [2.24, 2.45) is 10.7 Å². The Morgan fingerprint density at radius 1 is 1.12 bits per heavy atom. The monoisotopic (exact) mass is 321 g/mol. The summed E-state index contributed by atoms with van der Waals surface area (Å²) in [5.74, 6) is 0.535. The molecule has 0 unspecified atom stereocenters. The number of para-hydroxylation sites is 1. The van der Waals surface area contributed by atoms with Crippen molar-refractivity contribution in [1.82, 2.24) is 9.88 Å². The van der Waals surface area contributed by atoms with Crippen LogP contribution < -0.4 is 11.1 Å². The van der Waals surface area contributed by atoms with Gasteiger partial charge in [0, 0.05) is 43.4 Å². The van der Waals surface area contributed by atoms with Crippen molar-refractivity contribution >= 4 is 17.4 Å². The minimum atomic E-state index is -0.417. The molecule has 6 nitrogen and oxygen atoms in total. The molecule has 2 aromatic rings. The van der Waals surface area contributed by atoms with Gasteiger partial charge in [-0.05, 0) is 24.3 Å². The Morgan fingerprint density at radius 3 is 2.62 bits per heavy atom. The smallest absolute Gasteiger partial charge is 0.272 e. The second kappa shape index (κ2) is 5.63. The first-order valence-electron chi connectivity index (χ1n) is 8.10. The number of hydrogen-bond acceptors (Lipinski definition) is 5. The molecular formula is C18H19N5O. The highest BCUT2D eigenvalue weighted by Crippen LogP contribution is 2.34. The third kappa shape index (κ3) is 2.50. The number of amides is 1. The summed E-state index contributed by atoms with van der Waals surface area (Å²) < 4.78 is 0. The average Bonchev–Trinajstić information content (AvgIpc) is 2.62. The van der Waals surface area contributed by atoms with Crippen LogP contribution in [0.5, 0.6) is 0 Å². The van der Waals surface area contributed by atoms with Gasteiger partial charge in [0.25, 0.3) is 5.91 Å². The number of nitrogens with one attached hydrogen (secondary N) is 1. The number of amidine groups is 1. The van der Waals surface area contributed by atoms with Gasteiger partial charge in [-0.15, -0.1) is 0 Å². The minimum Gasteiger partial charge on any atom is -0.383 e. The number of likely N-dealkylation sites (tertiary alicyclic amines) is 1. The molecule has 4 rings (SSSR count). The zero-order chi connectivity index (χ0) is 16.6. The number of nitrogens with two attached hydrogens (primary N) is 1. The van der Waals surface area contributed by atoms with E-state index in [1.807, 2.05) is 41.3 Å². The molecule has 1 aromatic heterocycles. The number of nitrogens with zero attached hydrogens (tertiary/aromatic N) is 3. The maximum absolute atomic E-state index is 12.5. The van der Waals surface area contributed by atoms with Crippen LogP contribution in [0.2, 0.25) is 0 Å². The van der Waals surface area contributed by atoms with Crippen molar-refractivity contribution < 1.29 is 4.79 Å². The number of carbonyl (C=O) groups is 1. The Kier molecular flexibility index (Phi) is 3.45. The Morgan fingerprint density at radius 2 is 1.88 bits per heavy atom. The van der Waals surface area contributed by atoms with Gasteiger partial charge in [0.05, 0.1) is 0 Å². The summed E-state index contributed by atoms with van der Waals surface area (Å²) in [6.45, 7) is 1.25. The van der Waals surface area contributed by atoms with Crippen LogP contribution in [0.4, 0.5) is 5.69 Å². The largest absolute Gasteiger partial charge is 0.383 e. The van der Waals surface area contributed by atoms with Crippen molar-refractivity contribution in [3.05, 3.63) is 59.9 Å². The van der Waals surface area contributed by atoms with Gasteiger partial charge < -0.3 is 16.0 Å². The molecule has 1 spiro atoms. The molecule has 3 N–H and O–H groups in total. The number of anilines is 1. The number of aromatic nitrogens is 1. The van der Waals surface area contributed by atoms with E-state index in [4.69, 9.17) is 10.7 Å². The third-order valence-electron chi connectivity index (χ3n) is 4.67. The lowest BCUT2D eigenvalue weighted by molar-refractivity contribution is 0.0679. The van der Waals surface area contributed by atoms with E-state index >= 15 is 0 Å². The third-order valence-corrected chi connectivity index (χ3v) is 4.67. The van der Waals surface area contributed by atoms with Gasteiger partial charge in [0.15, 0.2) is 0 Å². The van der Waals surface area contributed by atoms with Gasteiger partial charge in [-0.1, -0.05) is 18.2 Å². The minimum absolute atomic E-state index is 0.0291. The molecule has 0 saturated carbocycles. The van der Waals surface area contributed by atoms with Crippen molar-refractivity contribution in [3.63, 3.8) is 0 Å². The molecule has 1 aromatic carbocycles. The summed E-state index contributed by atoms with van der Waals surface area (Å²) in [5, 5.41) is 3.52. The number of hydrogen-bond donors (Lipinski definition) is 2. The Hall–Kier alpha value is -2.89. The molecule has 122 valence electrons. The van der Waals surface area contributed by atoms with E-state index in [0.29, 0.717) is 24.6 Å². The van der Waals surface area contributed by atoms with E-state index in [1.54, 1.807) is 12.3 Å². The lowest BCUT2D eigenvalue weighted by Gasteiger charge is -2.42. The van der Waals surface area contributed by atoms with E-state index in [0.717, 1.165) is 24.1 Å². The molecule has 0 bridgehead atoms. The average molecular weight is 321 g/mol. The molecule has 1 saturated heterocycles. The van der Waals surface area contributed by atoms with Gasteiger partial charge in [0.1, 0.15) is 17.2 Å². The summed E-state index contributed by atoms with van der Waals surface area (Å²) in [7, 11) is 0. The zero-order valence-corrected chi connectivity index (χ0v) is 13.3. The van der Waals surface area contributed by atoms with Crippen molar-refractivity contribution in [2.75, 3.05) is 18.4 Å². The van der Waals surface area contributed by atoms with Crippen LogP contribution >= 0.6 is 0 Å². The maximum atomic E-state index is 12.5. The highest BCUT2D eigenvalue weighted by Gasteiger charge is 2.38. The number of pyridine rings is 1. The molecule has 6 heteroatoms. The number of fused-ring (bicyclic) bond motifs is 1. The van der Waals surface area contributed by atoms with Crippen LogP contribution in [0.3, 0.4) is 0 Å². The van der Waals surface area contributed by atoms with Crippen LogP contribution in [-0.4, -0.2) is 40.4 Å². The second-order valence-corrected chi connectivity index (χ2v) is 6.21. The Bertz CT molecular complexity index is 794. The summed E-state index contributed by atoms with van der Waals surface area (Å²) in [6.07, 6.45) is 3.09. The summed E-state index contributed by atoms with van der Waals surface area (Å²) >= 11 is 0. The van der Waals surface area contributed by atoms with Crippen molar-refractivity contribution in [3.8, 4) is 0 Å². The Labute approximate surface area is 140 Å². The van der Waals surface area contributed by atoms with E-state index in [2.05, 4.69) is 10.3 Å². The zero-order valence-electron chi connectivity index (χ0n) is 13.3. The van der Waals surface area contributed by atoms with Gasteiger partial charge in [-0.2, -0.15) is 0 Å². The lowest BCUT2D eigenvalue weighted by atomic mass is 9.93. The first kappa shape index (κ1) is 14.7. The highest BCUT2D eigenvalue weighted by molar-refractivity contribution is 6.04. The number of rotatable bonds is 1. The predicted molar refractivity (Wildman–Crippen MR) is 92.9 cm³/mol. The highest BCUT2D eigenvalue weighted by atomic mass is 16.2. The van der Waals surface area contributed by atoms with Crippen LogP contribution in [-0.2, 0) is 0 Å². The SMILES string of the molecule is NC1=NC2(CCN(C(=O)c3ccccn3)CC2)Nc2ccccc21. The molecule has 0 atom stereocenters. The molecule has 2 aliphatic heterocycles. The molecular weight excluding hydrogens is 302 g/mol. The van der Waals surface area contributed by atoms with E-state index in [-0.39, 0.29) is 5.91 Å². The predicted octanol–water partition coefficient (Wildman–Crippen LogP) is 1.84. The van der Waals surface area contributed by atoms with E-state index in [1.165, 1.54) is 0 Å². The van der Waals surface area contributed by atoms with Gasteiger partial charge >= 0.3 is 0 Å². The van der Waals surface area contributed by atoms with Gasteiger partial charge in [-0.25, -0.2) is 4.99 Å². The molecule has 2 aliphatic rings. The fourth-order valence-corrected chi connectivity index (χ4v) is 3.35. The summed E-state index contributed by atoms with van der Waals surface area (Å²) in [5.41, 5.74) is 8.17. The lowest BCUT2D eigenvalue weighted by Crippen LogP contribution is -2.52. The van der Waals surface area contributed by atoms with E-state index in [9.17, 15) is 4.79 Å². The van der Waals surface area contributed by atoms with Crippen molar-refractivity contribution in [2.45, 2.75) is 18.5 Å². The molecule has 0 aliphatic carbocycles. The molecule has 3 heterocycles. The first-order chi connectivity index (χ1) is 11.7. The maximum Gasteiger partial charge on any atom is 0.272 e. The standard InChI is InChI=1S/C18H19N5O/c19-16-13-5-1-2-6-14(13)21-18(22-16)8-11-23(12-9-18)17(24)15-7-3-4-10-20-15/h1-7,10,21H,8-9,11-12H2,(H2,19,22). The van der Waals surface area contributed by atoms with Crippen LogP contribution in [0.15, 0.2) is 53.7 Å². The van der Waals surface area contributed by atoms with Crippen LogP contribution in [0.25, 0.3) is 0 Å². The fourth-order valence-electron chi connectivity index (χ4n) is 3.35. The van der Waals surface area contributed by atoms with Crippen LogP contribution in [0, 0.1) is 0 Å².